The molecule has 1 unspecified atom stereocenters. The first-order valence-corrected chi connectivity index (χ1v) is 8.11. The predicted octanol–water partition coefficient (Wildman–Crippen LogP) is 0.316. The number of rotatable bonds is 9. The van der Waals surface area contributed by atoms with Crippen LogP contribution in [0.25, 0.3) is 0 Å². The van der Waals surface area contributed by atoms with E-state index in [1.807, 2.05) is 0 Å². The van der Waals surface area contributed by atoms with Crippen LogP contribution in [0.5, 0.6) is 0 Å². The summed E-state index contributed by atoms with van der Waals surface area (Å²) < 4.78 is 21.8. The summed E-state index contributed by atoms with van der Waals surface area (Å²) in [7, 11) is -2.90. The Morgan fingerprint density at radius 1 is 1.24 bits per heavy atom. The van der Waals surface area contributed by atoms with Gasteiger partial charge in [0.1, 0.15) is 9.84 Å². The van der Waals surface area contributed by atoms with Crippen molar-refractivity contribution in [1.29, 1.82) is 0 Å². The molecule has 0 aromatic rings. The van der Waals surface area contributed by atoms with E-state index in [2.05, 4.69) is 17.6 Å². The van der Waals surface area contributed by atoms with Crippen molar-refractivity contribution in [3.8, 4) is 0 Å². The van der Waals surface area contributed by atoms with Crippen LogP contribution in [-0.4, -0.2) is 45.5 Å². The van der Waals surface area contributed by atoms with Gasteiger partial charge in [-0.05, 0) is 26.3 Å². The summed E-state index contributed by atoms with van der Waals surface area (Å²) in [5.41, 5.74) is 0. The molecule has 0 aliphatic heterocycles. The van der Waals surface area contributed by atoms with E-state index in [0.29, 0.717) is 19.5 Å². The monoisotopic (exact) mass is 264 g/mol. The smallest absolute Gasteiger partial charge is 0.236 e. The highest BCUT2D eigenvalue weighted by molar-refractivity contribution is 7.90. The molecule has 0 aromatic carbocycles. The molecule has 0 spiro atoms. The van der Waals surface area contributed by atoms with Gasteiger partial charge >= 0.3 is 0 Å². The van der Waals surface area contributed by atoms with Crippen molar-refractivity contribution in [2.75, 3.05) is 25.1 Å². The zero-order valence-corrected chi connectivity index (χ0v) is 11.8. The van der Waals surface area contributed by atoms with Gasteiger partial charge in [-0.25, -0.2) is 8.42 Å². The van der Waals surface area contributed by atoms with Crippen LogP contribution in [0.1, 0.15) is 33.1 Å². The lowest BCUT2D eigenvalue weighted by molar-refractivity contribution is -0.122. The molecular weight excluding hydrogens is 240 g/mol. The van der Waals surface area contributed by atoms with Crippen molar-refractivity contribution in [3.63, 3.8) is 0 Å². The third kappa shape index (κ3) is 10.3. The van der Waals surface area contributed by atoms with Gasteiger partial charge < -0.3 is 10.6 Å². The lowest BCUT2D eigenvalue weighted by Gasteiger charge is -2.13. The Morgan fingerprint density at radius 3 is 2.41 bits per heavy atom. The van der Waals surface area contributed by atoms with Crippen LogP contribution in [0.3, 0.4) is 0 Å². The molecule has 2 N–H and O–H groups in total. The number of carbonyl (C=O) groups is 1. The van der Waals surface area contributed by atoms with Gasteiger partial charge in [0.05, 0.1) is 11.8 Å². The summed E-state index contributed by atoms with van der Waals surface area (Å²) in [4.78, 5) is 11.5. The molecule has 0 aliphatic rings. The minimum absolute atomic E-state index is 0.0298. The number of hydrogen-bond donors (Lipinski definition) is 2. The van der Waals surface area contributed by atoms with Gasteiger partial charge in [0, 0.05) is 12.8 Å². The summed E-state index contributed by atoms with van der Waals surface area (Å²) in [6, 6.07) is -0.272. The van der Waals surface area contributed by atoms with Crippen molar-refractivity contribution in [2.45, 2.75) is 39.2 Å². The van der Waals surface area contributed by atoms with Gasteiger partial charge in [0.15, 0.2) is 0 Å². The summed E-state index contributed by atoms with van der Waals surface area (Å²) in [5.74, 6) is 0.127. The number of sulfone groups is 1. The normalized spacial score (nSPS) is 13.4. The molecule has 0 bridgehead atoms. The second-order valence-corrected chi connectivity index (χ2v) is 6.56. The van der Waals surface area contributed by atoms with Crippen molar-refractivity contribution in [3.05, 3.63) is 0 Å². The van der Waals surface area contributed by atoms with Crippen LogP contribution in [0.15, 0.2) is 0 Å². The van der Waals surface area contributed by atoms with Crippen molar-refractivity contribution in [2.24, 2.45) is 0 Å². The lowest BCUT2D eigenvalue weighted by atomic mass is 10.3. The van der Waals surface area contributed by atoms with E-state index in [0.717, 1.165) is 12.8 Å². The Morgan fingerprint density at radius 2 is 1.88 bits per heavy atom. The molecule has 5 nitrogen and oxygen atoms in total. The van der Waals surface area contributed by atoms with Crippen molar-refractivity contribution < 1.29 is 13.2 Å². The van der Waals surface area contributed by atoms with Gasteiger partial charge in [-0.2, -0.15) is 0 Å². The number of unbranched alkanes of at least 4 members (excludes halogenated alkanes) is 1. The number of hydrogen-bond acceptors (Lipinski definition) is 4. The average Bonchev–Trinajstić information content (AvgIpc) is 2.23. The van der Waals surface area contributed by atoms with Gasteiger partial charge in [0.25, 0.3) is 0 Å². The Bertz CT molecular complexity index is 315. The van der Waals surface area contributed by atoms with Gasteiger partial charge in [-0.15, -0.1) is 0 Å². The first kappa shape index (κ1) is 16.4. The molecule has 17 heavy (non-hydrogen) atoms. The van der Waals surface area contributed by atoms with Crippen LogP contribution in [-0.2, 0) is 14.6 Å². The Labute approximate surface area is 104 Å². The maximum Gasteiger partial charge on any atom is 0.236 e. The van der Waals surface area contributed by atoms with E-state index in [1.165, 1.54) is 6.26 Å². The highest BCUT2D eigenvalue weighted by Gasteiger charge is 2.11. The number of amides is 1. The van der Waals surface area contributed by atoms with Crippen LogP contribution in [0.2, 0.25) is 0 Å². The topological polar surface area (TPSA) is 75.3 Å². The summed E-state index contributed by atoms with van der Waals surface area (Å²) in [6.07, 6.45) is 3.78. The van der Waals surface area contributed by atoms with Crippen molar-refractivity contribution in [1.82, 2.24) is 10.6 Å². The average molecular weight is 264 g/mol. The molecule has 102 valence electrons. The Kier molecular flexibility index (Phi) is 8.16. The Balaban J connectivity index is 3.64. The van der Waals surface area contributed by atoms with E-state index < -0.39 is 9.84 Å². The molecule has 0 aliphatic carbocycles. The number of nitrogens with one attached hydrogen (secondary N) is 2. The minimum atomic E-state index is -2.90. The lowest BCUT2D eigenvalue weighted by Crippen LogP contribution is -2.43. The fourth-order valence-corrected chi connectivity index (χ4v) is 1.96. The predicted molar refractivity (Wildman–Crippen MR) is 69.7 cm³/mol. The van der Waals surface area contributed by atoms with E-state index in [-0.39, 0.29) is 17.7 Å². The highest BCUT2D eigenvalue weighted by Crippen LogP contribution is 1.90. The van der Waals surface area contributed by atoms with E-state index >= 15 is 0 Å². The largest absolute Gasteiger partial charge is 0.355 e. The maximum absolute atomic E-state index is 11.5. The first-order valence-electron chi connectivity index (χ1n) is 6.05. The molecule has 0 saturated carbocycles. The maximum atomic E-state index is 11.5. The molecule has 6 heteroatoms. The first-order chi connectivity index (χ1) is 7.87. The molecule has 0 rings (SSSR count). The SMILES string of the molecule is CCCCNC(=O)C(C)NCCCS(C)(=O)=O. The van der Waals surface area contributed by atoms with E-state index in [9.17, 15) is 13.2 Å². The molecule has 0 aromatic heterocycles. The fraction of sp³-hybridized carbons (Fsp3) is 0.909. The molecule has 1 atom stereocenters. The van der Waals surface area contributed by atoms with Crippen LogP contribution < -0.4 is 10.6 Å². The number of carbonyl (C=O) groups excluding carboxylic acids is 1. The summed E-state index contributed by atoms with van der Waals surface area (Å²) in [5, 5.41) is 5.83. The van der Waals surface area contributed by atoms with Crippen LogP contribution in [0, 0.1) is 0 Å². The van der Waals surface area contributed by atoms with Crippen LogP contribution >= 0.6 is 0 Å². The zero-order chi connectivity index (χ0) is 13.3. The van der Waals surface area contributed by atoms with Gasteiger partial charge in [-0.1, -0.05) is 13.3 Å². The molecule has 0 fully saturated rings. The van der Waals surface area contributed by atoms with Crippen molar-refractivity contribution >= 4 is 15.7 Å². The summed E-state index contributed by atoms with van der Waals surface area (Å²) in [6.45, 7) is 5.08. The second-order valence-electron chi connectivity index (χ2n) is 4.30. The minimum Gasteiger partial charge on any atom is -0.355 e. The molecule has 0 heterocycles. The zero-order valence-electron chi connectivity index (χ0n) is 11.0. The molecule has 0 radical (unpaired) electrons. The second kappa shape index (κ2) is 8.47. The van der Waals surface area contributed by atoms with Gasteiger partial charge in [-0.3, -0.25) is 4.79 Å². The van der Waals surface area contributed by atoms with Gasteiger partial charge in [0.2, 0.25) is 5.91 Å². The Hall–Kier alpha value is -0.620. The third-order valence-electron chi connectivity index (χ3n) is 2.37. The quantitative estimate of drug-likeness (QED) is 0.588. The standard InChI is InChI=1S/C11H24N2O3S/c1-4-5-7-13-11(14)10(2)12-8-6-9-17(3,15)16/h10,12H,4-9H2,1-3H3,(H,13,14). The van der Waals surface area contributed by atoms with Crippen LogP contribution in [0.4, 0.5) is 0 Å². The molecule has 1 amide bonds. The third-order valence-corrected chi connectivity index (χ3v) is 3.40. The van der Waals surface area contributed by atoms with E-state index in [4.69, 9.17) is 0 Å². The fourth-order valence-electron chi connectivity index (χ4n) is 1.29. The highest BCUT2D eigenvalue weighted by atomic mass is 32.2. The molecular formula is C11H24N2O3S. The van der Waals surface area contributed by atoms with E-state index in [1.54, 1.807) is 6.92 Å². The molecule has 0 saturated heterocycles. The summed E-state index contributed by atoms with van der Waals surface area (Å²) >= 11 is 0.